The van der Waals surface area contributed by atoms with Gasteiger partial charge in [0, 0.05) is 38.6 Å². The molecule has 2 aromatic rings. The predicted molar refractivity (Wildman–Crippen MR) is 110 cm³/mol. The lowest BCUT2D eigenvalue weighted by atomic mass is 9.89. The number of piperazine rings is 1. The Labute approximate surface area is 171 Å². The summed E-state index contributed by atoms with van der Waals surface area (Å²) in [6, 6.07) is 8.00. The zero-order chi connectivity index (χ0) is 20.2. The minimum Gasteiger partial charge on any atom is -0.341 e. The van der Waals surface area contributed by atoms with Crippen molar-refractivity contribution in [2.24, 2.45) is 0 Å². The zero-order valence-corrected chi connectivity index (χ0v) is 16.8. The molecule has 1 fully saturated rings. The van der Waals surface area contributed by atoms with Gasteiger partial charge in [0.15, 0.2) is 0 Å². The van der Waals surface area contributed by atoms with Crippen LogP contribution < -0.4 is 10.2 Å². The number of hydrogen-bond donors (Lipinski definition) is 1. The number of nitrogens with one attached hydrogen (secondary N) is 1. The number of hydrogen-bond acceptors (Lipinski definition) is 5. The number of carbonyl (C=O) groups is 2. The van der Waals surface area contributed by atoms with Gasteiger partial charge < -0.3 is 15.1 Å². The number of rotatable bonds is 3. The number of anilines is 1. The molecule has 1 N–H and O–H groups in total. The van der Waals surface area contributed by atoms with E-state index in [1.54, 1.807) is 23.4 Å². The van der Waals surface area contributed by atoms with Crippen molar-refractivity contribution < 1.29 is 9.59 Å². The van der Waals surface area contributed by atoms with Gasteiger partial charge in [0.05, 0.1) is 6.04 Å². The summed E-state index contributed by atoms with van der Waals surface area (Å²) in [6.07, 6.45) is 8.10. The van der Waals surface area contributed by atoms with E-state index in [1.807, 2.05) is 11.8 Å². The van der Waals surface area contributed by atoms with Crippen molar-refractivity contribution in [3.8, 4) is 0 Å². The van der Waals surface area contributed by atoms with Crippen LogP contribution in [0.3, 0.4) is 0 Å². The number of nitrogens with zero attached hydrogens (tertiary/aromatic N) is 4. The molecule has 7 heteroatoms. The fraction of sp³-hybridized carbons (Fsp3) is 0.455. The van der Waals surface area contributed by atoms with Gasteiger partial charge in [-0.2, -0.15) is 0 Å². The van der Waals surface area contributed by atoms with E-state index >= 15 is 0 Å². The monoisotopic (exact) mass is 393 g/mol. The SMILES string of the molecule is CC(NC(=O)C(=O)N1CCN(c2ncccn2)CC1)c1ccc2c(c1)CCCC2. The van der Waals surface area contributed by atoms with Crippen LogP contribution in [0.5, 0.6) is 0 Å². The molecule has 152 valence electrons. The summed E-state index contributed by atoms with van der Waals surface area (Å²) >= 11 is 0. The van der Waals surface area contributed by atoms with Gasteiger partial charge in [0.1, 0.15) is 0 Å². The first-order valence-electron chi connectivity index (χ1n) is 10.4. The molecule has 29 heavy (non-hydrogen) atoms. The maximum absolute atomic E-state index is 12.6. The second-order valence-corrected chi connectivity index (χ2v) is 7.76. The first-order chi connectivity index (χ1) is 14.1. The highest BCUT2D eigenvalue weighted by molar-refractivity contribution is 6.35. The molecule has 2 amide bonds. The van der Waals surface area contributed by atoms with Crippen molar-refractivity contribution in [3.63, 3.8) is 0 Å². The van der Waals surface area contributed by atoms with E-state index in [9.17, 15) is 9.59 Å². The van der Waals surface area contributed by atoms with E-state index in [0.717, 1.165) is 18.4 Å². The quantitative estimate of drug-likeness (QED) is 0.806. The number of carbonyl (C=O) groups excluding carboxylic acids is 2. The Kier molecular flexibility index (Phi) is 5.74. The molecule has 1 aliphatic carbocycles. The Balaban J connectivity index is 1.32. The van der Waals surface area contributed by atoms with Crippen molar-refractivity contribution in [1.29, 1.82) is 0 Å². The molecule has 7 nitrogen and oxygen atoms in total. The maximum atomic E-state index is 12.6. The van der Waals surface area contributed by atoms with Gasteiger partial charge in [-0.3, -0.25) is 9.59 Å². The van der Waals surface area contributed by atoms with Crippen LogP contribution in [0.2, 0.25) is 0 Å². The Bertz CT molecular complexity index is 878. The van der Waals surface area contributed by atoms with Crippen molar-refractivity contribution >= 4 is 17.8 Å². The molecule has 0 spiro atoms. The average Bonchev–Trinajstić information content (AvgIpc) is 2.79. The number of aromatic nitrogens is 2. The van der Waals surface area contributed by atoms with Gasteiger partial charge in [-0.05, 0) is 55.4 Å². The highest BCUT2D eigenvalue weighted by atomic mass is 16.2. The van der Waals surface area contributed by atoms with Crippen molar-refractivity contribution in [2.75, 3.05) is 31.1 Å². The molecule has 0 radical (unpaired) electrons. The molecule has 1 atom stereocenters. The molecule has 4 rings (SSSR count). The van der Waals surface area contributed by atoms with E-state index in [0.29, 0.717) is 32.1 Å². The second kappa shape index (κ2) is 8.59. The van der Waals surface area contributed by atoms with Gasteiger partial charge in [-0.15, -0.1) is 0 Å². The molecule has 1 unspecified atom stereocenters. The summed E-state index contributed by atoms with van der Waals surface area (Å²) in [6.45, 7) is 4.13. The molecule has 2 heterocycles. The standard InChI is InChI=1S/C22H27N5O2/c1-16(18-8-7-17-5-2-3-6-19(17)15-18)25-20(28)21(29)26-11-13-27(14-12-26)22-23-9-4-10-24-22/h4,7-10,15-16H,2-3,5-6,11-14H2,1H3,(H,25,28). The second-order valence-electron chi connectivity index (χ2n) is 7.76. The van der Waals surface area contributed by atoms with Gasteiger partial charge >= 0.3 is 11.8 Å². The minimum atomic E-state index is -0.542. The topological polar surface area (TPSA) is 78.4 Å². The van der Waals surface area contributed by atoms with Crippen LogP contribution in [0, 0.1) is 0 Å². The fourth-order valence-electron chi connectivity index (χ4n) is 4.07. The van der Waals surface area contributed by atoms with E-state index in [1.165, 1.54) is 24.0 Å². The van der Waals surface area contributed by atoms with E-state index in [4.69, 9.17) is 0 Å². The van der Waals surface area contributed by atoms with Crippen LogP contribution in [0.25, 0.3) is 0 Å². The predicted octanol–water partition coefficient (Wildman–Crippen LogP) is 1.88. The summed E-state index contributed by atoms with van der Waals surface area (Å²) in [5.74, 6) is -0.354. The van der Waals surface area contributed by atoms with E-state index in [2.05, 4.69) is 33.5 Å². The van der Waals surface area contributed by atoms with Gasteiger partial charge in [-0.1, -0.05) is 18.2 Å². The Morgan fingerprint density at radius 3 is 2.41 bits per heavy atom. The lowest BCUT2D eigenvalue weighted by Crippen LogP contribution is -2.53. The first-order valence-corrected chi connectivity index (χ1v) is 10.4. The summed E-state index contributed by atoms with van der Waals surface area (Å²) in [4.78, 5) is 37.2. The number of amides is 2. The molecular weight excluding hydrogens is 366 g/mol. The molecule has 1 saturated heterocycles. The molecule has 1 aromatic carbocycles. The molecule has 0 saturated carbocycles. The summed E-state index contributed by atoms with van der Waals surface area (Å²) < 4.78 is 0. The molecule has 1 aromatic heterocycles. The van der Waals surface area contributed by atoms with Crippen molar-refractivity contribution in [1.82, 2.24) is 20.2 Å². The smallest absolute Gasteiger partial charge is 0.312 e. The van der Waals surface area contributed by atoms with E-state index < -0.39 is 11.8 Å². The molecule has 0 bridgehead atoms. The Morgan fingerprint density at radius 2 is 1.69 bits per heavy atom. The third-order valence-corrected chi connectivity index (χ3v) is 5.82. The first kappa shape index (κ1) is 19.4. The summed E-state index contributed by atoms with van der Waals surface area (Å²) in [5, 5.41) is 2.87. The minimum absolute atomic E-state index is 0.197. The van der Waals surface area contributed by atoms with Crippen molar-refractivity contribution in [3.05, 3.63) is 53.3 Å². The van der Waals surface area contributed by atoms with Crippen LogP contribution >= 0.6 is 0 Å². The summed E-state index contributed by atoms with van der Waals surface area (Å²) in [7, 11) is 0. The Hall–Kier alpha value is -2.96. The average molecular weight is 393 g/mol. The maximum Gasteiger partial charge on any atom is 0.312 e. The van der Waals surface area contributed by atoms with Crippen LogP contribution in [0.4, 0.5) is 5.95 Å². The highest BCUT2D eigenvalue weighted by Crippen LogP contribution is 2.24. The van der Waals surface area contributed by atoms with E-state index in [-0.39, 0.29) is 6.04 Å². The van der Waals surface area contributed by atoms with Gasteiger partial charge in [0.25, 0.3) is 0 Å². The molecular formula is C22H27N5O2. The third kappa shape index (κ3) is 4.39. The summed E-state index contributed by atoms with van der Waals surface area (Å²) in [5.41, 5.74) is 3.84. The molecule has 2 aliphatic rings. The van der Waals surface area contributed by atoms with Gasteiger partial charge in [0.2, 0.25) is 5.95 Å². The van der Waals surface area contributed by atoms with Crippen LogP contribution in [-0.2, 0) is 22.4 Å². The Morgan fingerprint density at radius 1 is 1.00 bits per heavy atom. The van der Waals surface area contributed by atoms with Crippen LogP contribution in [0.1, 0.15) is 42.5 Å². The molecule has 1 aliphatic heterocycles. The number of benzene rings is 1. The highest BCUT2D eigenvalue weighted by Gasteiger charge is 2.28. The van der Waals surface area contributed by atoms with Crippen molar-refractivity contribution in [2.45, 2.75) is 38.6 Å². The van der Waals surface area contributed by atoms with Gasteiger partial charge in [-0.25, -0.2) is 9.97 Å². The van der Waals surface area contributed by atoms with Crippen LogP contribution in [-0.4, -0.2) is 52.9 Å². The lowest BCUT2D eigenvalue weighted by Gasteiger charge is -2.34. The zero-order valence-electron chi connectivity index (χ0n) is 16.8. The largest absolute Gasteiger partial charge is 0.341 e. The van der Waals surface area contributed by atoms with Crippen LogP contribution in [0.15, 0.2) is 36.7 Å². The fourth-order valence-corrected chi connectivity index (χ4v) is 4.07. The lowest BCUT2D eigenvalue weighted by molar-refractivity contribution is -0.146. The number of fused-ring (bicyclic) bond motifs is 1. The number of aryl methyl sites for hydroxylation is 2. The third-order valence-electron chi connectivity index (χ3n) is 5.82. The normalized spacial score (nSPS) is 17.4.